The standard InChI is InChI=1S/C11H15NO3S2/c1-4-15-10(14)9-8(3)12(11(16)17-9)6-5-7(2)13/h4-6H2,1-3H3. The Morgan fingerprint density at radius 3 is 2.65 bits per heavy atom. The largest absolute Gasteiger partial charge is 0.462 e. The first kappa shape index (κ1) is 14.1. The Hall–Kier alpha value is -1.01. The second-order valence-electron chi connectivity index (χ2n) is 3.61. The van der Waals surface area contributed by atoms with E-state index in [9.17, 15) is 9.59 Å². The van der Waals surface area contributed by atoms with Crippen LogP contribution >= 0.6 is 23.6 Å². The maximum absolute atomic E-state index is 11.6. The number of hydrogen-bond donors (Lipinski definition) is 0. The van der Waals surface area contributed by atoms with Gasteiger partial charge >= 0.3 is 5.97 Å². The van der Waals surface area contributed by atoms with Crippen LogP contribution in [0.3, 0.4) is 0 Å². The van der Waals surface area contributed by atoms with E-state index in [1.165, 1.54) is 18.3 Å². The molecular formula is C11H15NO3S2. The van der Waals surface area contributed by atoms with Gasteiger partial charge in [0.2, 0.25) is 0 Å². The molecule has 0 aromatic carbocycles. The van der Waals surface area contributed by atoms with Crippen molar-refractivity contribution in [1.29, 1.82) is 0 Å². The molecule has 0 N–H and O–H groups in total. The number of thiazole rings is 1. The Labute approximate surface area is 109 Å². The number of rotatable bonds is 5. The zero-order valence-electron chi connectivity index (χ0n) is 10.1. The molecule has 0 saturated heterocycles. The second kappa shape index (κ2) is 6.07. The molecule has 17 heavy (non-hydrogen) atoms. The Morgan fingerprint density at radius 2 is 2.12 bits per heavy atom. The maximum Gasteiger partial charge on any atom is 0.350 e. The molecule has 0 aliphatic rings. The molecule has 0 aliphatic heterocycles. The molecule has 0 saturated carbocycles. The zero-order chi connectivity index (χ0) is 13.0. The van der Waals surface area contributed by atoms with Crippen molar-refractivity contribution in [2.24, 2.45) is 0 Å². The number of esters is 1. The molecule has 0 bridgehead atoms. The zero-order valence-corrected chi connectivity index (χ0v) is 11.7. The summed E-state index contributed by atoms with van der Waals surface area (Å²) in [5, 5.41) is 0. The average molecular weight is 273 g/mol. The van der Waals surface area contributed by atoms with E-state index >= 15 is 0 Å². The summed E-state index contributed by atoms with van der Waals surface area (Å²) in [6.07, 6.45) is 0.425. The molecule has 94 valence electrons. The van der Waals surface area contributed by atoms with Crippen molar-refractivity contribution < 1.29 is 14.3 Å². The Morgan fingerprint density at radius 1 is 1.47 bits per heavy atom. The van der Waals surface area contributed by atoms with E-state index in [1.54, 1.807) is 6.92 Å². The highest BCUT2D eigenvalue weighted by molar-refractivity contribution is 7.73. The minimum atomic E-state index is -0.345. The molecule has 0 atom stereocenters. The summed E-state index contributed by atoms with van der Waals surface area (Å²) < 4.78 is 7.36. The van der Waals surface area contributed by atoms with Crippen molar-refractivity contribution in [2.45, 2.75) is 33.7 Å². The summed E-state index contributed by atoms with van der Waals surface area (Å²) in [6.45, 7) is 5.99. The van der Waals surface area contributed by atoms with Crippen molar-refractivity contribution >= 4 is 35.3 Å². The third kappa shape index (κ3) is 3.47. The number of aromatic nitrogens is 1. The first-order chi connectivity index (χ1) is 7.97. The second-order valence-corrected chi connectivity index (χ2v) is 5.25. The van der Waals surface area contributed by atoms with Gasteiger partial charge in [-0.15, -0.1) is 0 Å². The van der Waals surface area contributed by atoms with Crippen LogP contribution in [-0.4, -0.2) is 22.9 Å². The number of ketones is 1. The van der Waals surface area contributed by atoms with Crippen LogP contribution in [0.25, 0.3) is 0 Å². The molecular weight excluding hydrogens is 258 g/mol. The third-order valence-corrected chi connectivity index (χ3v) is 3.82. The molecule has 0 amide bonds. The molecule has 1 aromatic rings. The van der Waals surface area contributed by atoms with Crippen LogP contribution in [-0.2, 0) is 16.1 Å². The molecule has 0 radical (unpaired) electrons. The minimum Gasteiger partial charge on any atom is -0.462 e. The number of ether oxygens (including phenoxy) is 1. The van der Waals surface area contributed by atoms with Crippen molar-refractivity contribution in [3.63, 3.8) is 0 Å². The van der Waals surface area contributed by atoms with Gasteiger partial charge in [0.05, 0.1) is 6.61 Å². The van der Waals surface area contributed by atoms with Crippen molar-refractivity contribution in [2.75, 3.05) is 6.61 Å². The molecule has 0 spiro atoms. The van der Waals surface area contributed by atoms with Crippen LogP contribution in [0.5, 0.6) is 0 Å². The molecule has 0 unspecified atom stereocenters. The van der Waals surface area contributed by atoms with Crippen LogP contribution in [0.15, 0.2) is 0 Å². The summed E-state index contributed by atoms with van der Waals surface area (Å²) >= 11 is 6.41. The summed E-state index contributed by atoms with van der Waals surface area (Å²) in [6, 6.07) is 0. The Balaban J connectivity index is 2.97. The summed E-state index contributed by atoms with van der Waals surface area (Å²) in [4.78, 5) is 23.1. The van der Waals surface area contributed by atoms with Gasteiger partial charge < -0.3 is 9.30 Å². The van der Waals surface area contributed by atoms with Gasteiger partial charge in [0.15, 0.2) is 3.95 Å². The molecule has 0 fully saturated rings. The van der Waals surface area contributed by atoms with Gasteiger partial charge in [0.1, 0.15) is 10.7 Å². The van der Waals surface area contributed by atoms with E-state index in [1.807, 2.05) is 11.5 Å². The van der Waals surface area contributed by atoms with E-state index in [2.05, 4.69) is 0 Å². The fourth-order valence-corrected chi connectivity index (χ4v) is 2.78. The number of nitrogens with zero attached hydrogens (tertiary/aromatic N) is 1. The van der Waals surface area contributed by atoms with E-state index in [4.69, 9.17) is 17.0 Å². The average Bonchev–Trinajstić information content (AvgIpc) is 2.52. The quantitative estimate of drug-likeness (QED) is 0.611. The van der Waals surface area contributed by atoms with Crippen molar-refractivity contribution in [3.8, 4) is 0 Å². The van der Waals surface area contributed by atoms with Gasteiger partial charge in [-0.1, -0.05) is 11.3 Å². The molecule has 4 nitrogen and oxygen atoms in total. The van der Waals surface area contributed by atoms with Gasteiger partial charge in [0.25, 0.3) is 0 Å². The van der Waals surface area contributed by atoms with Gasteiger partial charge in [0, 0.05) is 18.7 Å². The van der Waals surface area contributed by atoms with Crippen LogP contribution < -0.4 is 0 Å². The predicted molar refractivity (Wildman–Crippen MR) is 69.1 cm³/mol. The Bertz CT molecular complexity index is 487. The lowest BCUT2D eigenvalue weighted by Crippen LogP contribution is -2.08. The van der Waals surface area contributed by atoms with Gasteiger partial charge in [-0.3, -0.25) is 4.79 Å². The van der Waals surface area contributed by atoms with Crippen LogP contribution in [0, 0.1) is 10.9 Å². The van der Waals surface area contributed by atoms with E-state index in [0.29, 0.717) is 28.4 Å². The van der Waals surface area contributed by atoms with Gasteiger partial charge in [-0.05, 0) is 33.0 Å². The van der Waals surface area contributed by atoms with E-state index in [-0.39, 0.29) is 11.8 Å². The molecule has 1 rings (SSSR count). The minimum absolute atomic E-state index is 0.107. The molecule has 0 aliphatic carbocycles. The van der Waals surface area contributed by atoms with Crippen molar-refractivity contribution in [3.05, 3.63) is 14.5 Å². The molecule has 6 heteroatoms. The van der Waals surface area contributed by atoms with E-state index < -0.39 is 0 Å². The van der Waals surface area contributed by atoms with Crippen LogP contribution in [0.1, 0.15) is 35.6 Å². The van der Waals surface area contributed by atoms with Crippen LogP contribution in [0.2, 0.25) is 0 Å². The molecule has 1 aromatic heterocycles. The monoisotopic (exact) mass is 273 g/mol. The normalized spacial score (nSPS) is 10.3. The first-order valence-corrected chi connectivity index (χ1v) is 6.56. The lowest BCUT2D eigenvalue weighted by molar-refractivity contribution is -0.117. The first-order valence-electron chi connectivity index (χ1n) is 5.34. The highest BCUT2D eigenvalue weighted by Crippen LogP contribution is 2.20. The highest BCUT2D eigenvalue weighted by Gasteiger charge is 2.16. The predicted octanol–water partition coefficient (Wildman–Crippen LogP) is 2.74. The van der Waals surface area contributed by atoms with E-state index in [0.717, 1.165) is 5.69 Å². The SMILES string of the molecule is CCOC(=O)c1sc(=S)n(CCC(C)=O)c1C. The maximum atomic E-state index is 11.6. The summed E-state index contributed by atoms with van der Waals surface area (Å²) in [7, 11) is 0. The third-order valence-electron chi connectivity index (χ3n) is 2.29. The van der Waals surface area contributed by atoms with Crippen molar-refractivity contribution in [1.82, 2.24) is 4.57 Å². The lowest BCUT2D eigenvalue weighted by atomic mass is 10.3. The summed E-state index contributed by atoms with van der Waals surface area (Å²) in [5.74, 6) is -0.238. The number of hydrogen-bond acceptors (Lipinski definition) is 5. The van der Waals surface area contributed by atoms with Gasteiger partial charge in [-0.2, -0.15) is 0 Å². The Kier molecular flexibility index (Phi) is 5.02. The topological polar surface area (TPSA) is 48.3 Å². The molecule has 1 heterocycles. The highest BCUT2D eigenvalue weighted by atomic mass is 32.1. The number of carbonyl (C=O) groups is 2. The van der Waals surface area contributed by atoms with Gasteiger partial charge in [-0.25, -0.2) is 4.79 Å². The lowest BCUT2D eigenvalue weighted by Gasteiger charge is -2.04. The number of Topliss-reactive ketones (excluding diaryl/α,β-unsaturated/α-hetero) is 1. The smallest absolute Gasteiger partial charge is 0.350 e. The fourth-order valence-electron chi connectivity index (χ4n) is 1.39. The number of carbonyl (C=O) groups excluding carboxylic acids is 2. The summed E-state index contributed by atoms with van der Waals surface area (Å²) in [5.41, 5.74) is 0.778. The fraction of sp³-hybridized carbons (Fsp3) is 0.545. The van der Waals surface area contributed by atoms with Crippen LogP contribution in [0.4, 0.5) is 0 Å².